The zero-order valence-corrected chi connectivity index (χ0v) is 9.96. The van der Waals surface area contributed by atoms with Crippen molar-refractivity contribution in [2.75, 3.05) is 26.9 Å². The molecule has 2 rings (SSSR count). The van der Waals surface area contributed by atoms with Crippen molar-refractivity contribution in [3.8, 4) is 5.75 Å². The van der Waals surface area contributed by atoms with Crippen LogP contribution in [0, 0.1) is 0 Å². The fraction of sp³-hybridized carbons (Fsp3) is 0.538. The van der Waals surface area contributed by atoms with E-state index in [4.69, 9.17) is 14.2 Å². The third-order valence-corrected chi connectivity index (χ3v) is 2.88. The third-order valence-electron chi connectivity index (χ3n) is 2.88. The Balaban J connectivity index is 1.83. The number of rotatable bonds is 5. The Morgan fingerprint density at radius 2 is 2.18 bits per heavy atom. The van der Waals surface area contributed by atoms with Crippen LogP contribution in [-0.2, 0) is 9.47 Å². The maximum Gasteiger partial charge on any atom is 0.118 e. The third kappa shape index (κ3) is 3.43. The molecule has 17 heavy (non-hydrogen) atoms. The van der Waals surface area contributed by atoms with Crippen molar-refractivity contribution in [2.45, 2.75) is 18.6 Å². The summed E-state index contributed by atoms with van der Waals surface area (Å²) in [5.74, 6) is 0.783. The highest BCUT2D eigenvalue weighted by atomic mass is 16.5. The smallest absolute Gasteiger partial charge is 0.118 e. The fourth-order valence-electron chi connectivity index (χ4n) is 1.79. The molecule has 0 bridgehead atoms. The van der Waals surface area contributed by atoms with Gasteiger partial charge in [0, 0.05) is 6.61 Å². The molecule has 0 saturated carbocycles. The molecule has 2 unspecified atom stereocenters. The van der Waals surface area contributed by atoms with E-state index >= 15 is 0 Å². The highest BCUT2D eigenvalue weighted by Gasteiger charge is 2.18. The average molecular weight is 238 g/mol. The van der Waals surface area contributed by atoms with Crippen molar-refractivity contribution in [1.82, 2.24) is 0 Å². The van der Waals surface area contributed by atoms with Gasteiger partial charge >= 0.3 is 0 Å². The van der Waals surface area contributed by atoms with Crippen LogP contribution < -0.4 is 4.74 Å². The van der Waals surface area contributed by atoms with Gasteiger partial charge in [0.05, 0.1) is 26.4 Å². The maximum absolute atomic E-state index is 9.94. The number of hydrogen-bond donors (Lipinski definition) is 1. The van der Waals surface area contributed by atoms with E-state index in [2.05, 4.69) is 0 Å². The van der Waals surface area contributed by atoms with E-state index in [1.54, 1.807) is 7.11 Å². The molecule has 1 aliphatic rings. The van der Waals surface area contributed by atoms with Gasteiger partial charge in [0.25, 0.3) is 0 Å². The molecule has 94 valence electrons. The lowest BCUT2D eigenvalue weighted by Crippen LogP contribution is -2.17. The molecule has 1 aromatic rings. The van der Waals surface area contributed by atoms with Crippen LogP contribution in [-0.4, -0.2) is 38.1 Å². The average Bonchev–Trinajstić information content (AvgIpc) is 2.89. The second-order valence-electron chi connectivity index (χ2n) is 4.11. The standard InChI is InChI=1S/C13H18O4/c1-15-11-4-2-10(3-5-11)13(14)9-17-12-6-7-16-8-12/h2-5,12-14H,6-9H2,1H3. The van der Waals surface area contributed by atoms with Crippen molar-refractivity contribution in [2.24, 2.45) is 0 Å². The van der Waals surface area contributed by atoms with E-state index in [-0.39, 0.29) is 6.10 Å². The summed E-state index contributed by atoms with van der Waals surface area (Å²) < 4.78 is 15.8. The minimum atomic E-state index is -0.596. The second-order valence-corrected chi connectivity index (χ2v) is 4.11. The van der Waals surface area contributed by atoms with Gasteiger partial charge in [-0.05, 0) is 24.1 Å². The lowest BCUT2D eigenvalue weighted by Gasteiger charge is -2.15. The Morgan fingerprint density at radius 1 is 1.41 bits per heavy atom. The van der Waals surface area contributed by atoms with Crippen LogP contribution in [0.3, 0.4) is 0 Å². The Kier molecular flexibility index (Phi) is 4.36. The molecule has 1 aliphatic heterocycles. The first kappa shape index (κ1) is 12.4. The fourth-order valence-corrected chi connectivity index (χ4v) is 1.79. The van der Waals surface area contributed by atoms with Gasteiger partial charge in [0.1, 0.15) is 11.9 Å². The number of ether oxygens (including phenoxy) is 3. The molecule has 0 amide bonds. The molecular weight excluding hydrogens is 220 g/mol. The van der Waals surface area contributed by atoms with Crippen molar-refractivity contribution in [3.63, 3.8) is 0 Å². The van der Waals surface area contributed by atoms with Crippen molar-refractivity contribution >= 4 is 0 Å². The van der Waals surface area contributed by atoms with Gasteiger partial charge in [0.2, 0.25) is 0 Å². The summed E-state index contributed by atoms with van der Waals surface area (Å²) in [7, 11) is 1.62. The SMILES string of the molecule is COc1ccc(C(O)COC2CCOC2)cc1. The minimum Gasteiger partial charge on any atom is -0.497 e. The van der Waals surface area contributed by atoms with Crippen LogP contribution in [0.2, 0.25) is 0 Å². The monoisotopic (exact) mass is 238 g/mol. The normalized spacial score (nSPS) is 21.4. The van der Waals surface area contributed by atoms with Crippen LogP contribution in [0.25, 0.3) is 0 Å². The maximum atomic E-state index is 9.94. The van der Waals surface area contributed by atoms with Gasteiger partial charge in [-0.15, -0.1) is 0 Å². The molecule has 1 fully saturated rings. The number of hydrogen-bond acceptors (Lipinski definition) is 4. The van der Waals surface area contributed by atoms with Gasteiger partial charge in [-0.2, -0.15) is 0 Å². The summed E-state index contributed by atoms with van der Waals surface area (Å²) in [5.41, 5.74) is 0.838. The van der Waals surface area contributed by atoms with Crippen LogP contribution in [0.5, 0.6) is 5.75 Å². The van der Waals surface area contributed by atoms with E-state index in [9.17, 15) is 5.11 Å². The lowest BCUT2D eigenvalue weighted by atomic mass is 10.1. The van der Waals surface area contributed by atoms with E-state index in [0.29, 0.717) is 13.2 Å². The summed E-state index contributed by atoms with van der Waals surface area (Å²) in [6.07, 6.45) is 0.444. The molecule has 0 radical (unpaired) electrons. The van der Waals surface area contributed by atoms with Gasteiger partial charge < -0.3 is 19.3 Å². The van der Waals surface area contributed by atoms with E-state index in [1.807, 2.05) is 24.3 Å². The molecule has 4 heteroatoms. The summed E-state index contributed by atoms with van der Waals surface area (Å²) in [4.78, 5) is 0. The summed E-state index contributed by atoms with van der Waals surface area (Å²) >= 11 is 0. The van der Waals surface area contributed by atoms with Crippen LogP contribution in [0.15, 0.2) is 24.3 Å². The predicted molar refractivity (Wildman–Crippen MR) is 63.1 cm³/mol. The summed E-state index contributed by atoms with van der Waals surface area (Å²) in [6, 6.07) is 7.35. The predicted octanol–water partition coefficient (Wildman–Crippen LogP) is 1.53. The Bertz CT molecular complexity index is 330. The second kappa shape index (κ2) is 6.00. The molecule has 1 heterocycles. The van der Waals surface area contributed by atoms with Crippen LogP contribution in [0.1, 0.15) is 18.1 Å². The van der Waals surface area contributed by atoms with E-state index < -0.39 is 6.10 Å². The van der Waals surface area contributed by atoms with Gasteiger partial charge in [-0.1, -0.05) is 12.1 Å². The number of aliphatic hydroxyl groups excluding tert-OH is 1. The zero-order chi connectivity index (χ0) is 12.1. The molecule has 1 N–H and O–H groups in total. The Hall–Kier alpha value is -1.10. The van der Waals surface area contributed by atoms with Crippen molar-refractivity contribution in [1.29, 1.82) is 0 Å². The van der Waals surface area contributed by atoms with Crippen LogP contribution in [0.4, 0.5) is 0 Å². The Labute approximate surface area is 101 Å². The van der Waals surface area contributed by atoms with Crippen molar-refractivity contribution < 1.29 is 19.3 Å². The molecule has 2 atom stereocenters. The summed E-state index contributed by atoms with van der Waals surface area (Å²) in [5, 5.41) is 9.94. The molecule has 1 saturated heterocycles. The number of aliphatic hydroxyl groups is 1. The first-order valence-electron chi connectivity index (χ1n) is 5.81. The highest BCUT2D eigenvalue weighted by Crippen LogP contribution is 2.19. The topological polar surface area (TPSA) is 47.9 Å². The zero-order valence-electron chi connectivity index (χ0n) is 9.96. The van der Waals surface area contributed by atoms with Crippen LogP contribution >= 0.6 is 0 Å². The van der Waals surface area contributed by atoms with Gasteiger partial charge in [-0.3, -0.25) is 0 Å². The molecule has 1 aromatic carbocycles. The molecule has 4 nitrogen and oxygen atoms in total. The van der Waals surface area contributed by atoms with Crippen molar-refractivity contribution in [3.05, 3.63) is 29.8 Å². The number of benzene rings is 1. The largest absolute Gasteiger partial charge is 0.497 e. The molecule has 0 aromatic heterocycles. The first-order chi connectivity index (χ1) is 8.29. The quantitative estimate of drug-likeness (QED) is 0.845. The van der Waals surface area contributed by atoms with E-state index in [1.165, 1.54) is 0 Å². The van der Waals surface area contributed by atoms with Gasteiger partial charge in [-0.25, -0.2) is 0 Å². The molecule has 0 aliphatic carbocycles. The first-order valence-corrected chi connectivity index (χ1v) is 5.81. The highest BCUT2D eigenvalue weighted by molar-refractivity contribution is 5.28. The summed E-state index contributed by atoms with van der Waals surface area (Å²) in [6.45, 7) is 1.69. The molecule has 0 spiro atoms. The molecular formula is C13H18O4. The lowest BCUT2D eigenvalue weighted by molar-refractivity contribution is -0.0131. The van der Waals surface area contributed by atoms with E-state index in [0.717, 1.165) is 24.3 Å². The number of methoxy groups -OCH3 is 1. The minimum absolute atomic E-state index is 0.128. The Morgan fingerprint density at radius 3 is 2.76 bits per heavy atom. The van der Waals surface area contributed by atoms with Gasteiger partial charge in [0.15, 0.2) is 0 Å².